The first kappa shape index (κ1) is 38.0. The zero-order valence-electron chi connectivity index (χ0n) is 36.5. The first-order chi connectivity index (χ1) is 33.3. The predicted octanol–water partition coefficient (Wildman–Crippen LogP) is 18.0. The summed E-state index contributed by atoms with van der Waals surface area (Å²) in [5, 5.41) is 5.11. The minimum absolute atomic E-state index is 0.385. The number of benzene rings is 11. The van der Waals surface area contributed by atoms with E-state index in [0.29, 0.717) is 0 Å². The molecule has 0 atom stereocenters. The van der Waals surface area contributed by atoms with Gasteiger partial charge < -0.3 is 4.90 Å². The summed E-state index contributed by atoms with van der Waals surface area (Å²) >= 11 is 1.87. The zero-order chi connectivity index (χ0) is 44.1. The molecule has 0 bridgehead atoms. The van der Waals surface area contributed by atoms with Crippen molar-refractivity contribution in [1.29, 1.82) is 0 Å². The van der Waals surface area contributed by atoms with E-state index in [1.165, 1.54) is 109 Å². The van der Waals surface area contributed by atoms with Crippen LogP contribution < -0.4 is 4.90 Å². The van der Waals surface area contributed by atoms with Crippen molar-refractivity contribution in [3.63, 3.8) is 0 Å². The van der Waals surface area contributed by atoms with Crippen LogP contribution in [0, 0.1) is 0 Å². The van der Waals surface area contributed by atoms with Crippen molar-refractivity contribution >= 4 is 59.3 Å². The fourth-order valence-electron chi connectivity index (χ4n) is 11.8. The molecule has 0 amide bonds. The monoisotopic (exact) mass is 867 g/mol. The molecule has 0 saturated heterocycles. The second-order valence-corrected chi connectivity index (χ2v) is 18.9. The minimum atomic E-state index is -0.385. The largest absolute Gasteiger partial charge is 0.310 e. The summed E-state index contributed by atoms with van der Waals surface area (Å²) in [6.45, 7) is 0. The summed E-state index contributed by atoms with van der Waals surface area (Å²) in [6, 6.07) is 92.4. The Morgan fingerprint density at radius 3 is 1.49 bits per heavy atom. The molecule has 11 aromatic carbocycles. The Bertz CT molecular complexity index is 3880. The first-order valence-electron chi connectivity index (χ1n) is 23.2. The van der Waals surface area contributed by atoms with E-state index in [0.717, 1.165) is 17.1 Å². The maximum Gasteiger partial charge on any atom is 0.0725 e. The molecule has 2 aliphatic carbocycles. The molecule has 312 valence electrons. The lowest BCUT2D eigenvalue weighted by Crippen LogP contribution is -2.25. The summed E-state index contributed by atoms with van der Waals surface area (Å²) in [5.74, 6) is 0. The highest BCUT2D eigenvalue weighted by molar-refractivity contribution is 7.25. The molecule has 0 fully saturated rings. The molecular weight excluding hydrogens is 827 g/mol. The highest BCUT2D eigenvalue weighted by atomic mass is 32.1. The van der Waals surface area contributed by atoms with E-state index >= 15 is 0 Å². The number of thiophene rings is 1. The Labute approximate surface area is 394 Å². The number of rotatable bonds is 6. The normalized spacial score (nSPS) is 12.9. The van der Waals surface area contributed by atoms with Gasteiger partial charge in [-0.05, 0) is 126 Å². The Morgan fingerprint density at radius 2 is 0.761 bits per heavy atom. The molecule has 2 heteroatoms. The number of fused-ring (bicyclic) bond motifs is 14. The van der Waals surface area contributed by atoms with Gasteiger partial charge >= 0.3 is 0 Å². The zero-order valence-corrected chi connectivity index (χ0v) is 37.3. The molecule has 0 radical (unpaired) electrons. The fourth-order valence-corrected chi connectivity index (χ4v) is 12.9. The summed E-state index contributed by atoms with van der Waals surface area (Å²) in [4.78, 5) is 2.45. The second kappa shape index (κ2) is 14.9. The van der Waals surface area contributed by atoms with Gasteiger partial charge in [-0.3, -0.25) is 0 Å². The summed E-state index contributed by atoms with van der Waals surface area (Å²) in [6.07, 6.45) is 0. The second-order valence-electron chi connectivity index (χ2n) is 17.9. The molecule has 1 heterocycles. The van der Waals surface area contributed by atoms with Crippen LogP contribution in [0.25, 0.3) is 86.6 Å². The average molecular weight is 868 g/mol. The number of para-hydroxylation sites is 1. The maximum absolute atomic E-state index is 2.45. The quantitative estimate of drug-likeness (QED) is 0.161. The highest BCUT2D eigenvalue weighted by Crippen LogP contribution is 2.64. The van der Waals surface area contributed by atoms with Gasteiger partial charge in [0.25, 0.3) is 0 Å². The molecule has 1 spiro atoms. The van der Waals surface area contributed by atoms with Crippen LogP contribution in [0.1, 0.15) is 22.3 Å². The molecule has 2 aliphatic rings. The van der Waals surface area contributed by atoms with Gasteiger partial charge in [0, 0.05) is 37.1 Å². The van der Waals surface area contributed by atoms with Crippen LogP contribution in [0.5, 0.6) is 0 Å². The molecule has 0 N–H and O–H groups in total. The number of hydrogen-bond acceptors (Lipinski definition) is 2. The van der Waals surface area contributed by atoms with Crippen molar-refractivity contribution in [2.24, 2.45) is 0 Å². The highest BCUT2D eigenvalue weighted by Gasteiger charge is 2.52. The third-order valence-electron chi connectivity index (χ3n) is 14.5. The number of nitrogens with zero attached hydrogens (tertiary/aromatic N) is 1. The molecule has 0 saturated carbocycles. The molecule has 14 rings (SSSR count). The van der Waals surface area contributed by atoms with Crippen LogP contribution in [0.3, 0.4) is 0 Å². The van der Waals surface area contributed by atoms with Crippen molar-refractivity contribution in [3.05, 3.63) is 271 Å². The van der Waals surface area contributed by atoms with E-state index in [-0.39, 0.29) is 5.41 Å². The van der Waals surface area contributed by atoms with Gasteiger partial charge in [0.1, 0.15) is 0 Å². The third kappa shape index (κ3) is 5.54. The van der Waals surface area contributed by atoms with E-state index in [4.69, 9.17) is 0 Å². The van der Waals surface area contributed by atoms with Gasteiger partial charge in [0.05, 0.1) is 11.1 Å². The fraction of sp³-hybridized carbons (Fsp3) is 0.0154. The van der Waals surface area contributed by atoms with Gasteiger partial charge in [-0.1, -0.05) is 206 Å². The molecule has 0 unspecified atom stereocenters. The van der Waals surface area contributed by atoms with Crippen molar-refractivity contribution in [3.8, 4) is 55.6 Å². The van der Waals surface area contributed by atoms with Gasteiger partial charge in [0.15, 0.2) is 0 Å². The van der Waals surface area contributed by atoms with E-state index in [1.807, 2.05) is 11.3 Å². The van der Waals surface area contributed by atoms with E-state index in [2.05, 4.69) is 254 Å². The van der Waals surface area contributed by atoms with Crippen LogP contribution in [0.15, 0.2) is 249 Å². The van der Waals surface area contributed by atoms with Crippen molar-refractivity contribution in [1.82, 2.24) is 0 Å². The average Bonchev–Trinajstić information content (AvgIpc) is 4.04. The number of anilines is 3. The summed E-state index contributed by atoms with van der Waals surface area (Å²) in [5.41, 5.74) is 21.0. The topological polar surface area (TPSA) is 3.24 Å². The molecular formula is C65H41NS. The van der Waals surface area contributed by atoms with Crippen LogP contribution >= 0.6 is 11.3 Å². The molecule has 67 heavy (non-hydrogen) atoms. The lowest BCUT2D eigenvalue weighted by atomic mass is 9.70. The van der Waals surface area contributed by atoms with E-state index in [1.54, 1.807) is 0 Å². The van der Waals surface area contributed by atoms with E-state index in [9.17, 15) is 0 Å². The van der Waals surface area contributed by atoms with Crippen LogP contribution in [0.2, 0.25) is 0 Å². The summed E-state index contributed by atoms with van der Waals surface area (Å²) in [7, 11) is 0. The SMILES string of the molecule is c1ccc(N(c2ccc(-c3cccc4c3-c3ccccc3C43c4ccccc4-c4ccccc43)cc2)c2ccc(-c3cccc4ccccc34)cc2)c(-c2cccc3sc4ccccc4c23)c1. The van der Waals surface area contributed by atoms with Crippen LogP contribution in [0.4, 0.5) is 17.1 Å². The van der Waals surface area contributed by atoms with Crippen molar-refractivity contribution in [2.45, 2.75) is 5.41 Å². The van der Waals surface area contributed by atoms with Gasteiger partial charge in [-0.15, -0.1) is 11.3 Å². The molecule has 0 aliphatic heterocycles. The van der Waals surface area contributed by atoms with Crippen molar-refractivity contribution in [2.75, 3.05) is 4.90 Å². The first-order valence-corrected chi connectivity index (χ1v) is 24.0. The van der Waals surface area contributed by atoms with Crippen LogP contribution in [-0.4, -0.2) is 0 Å². The smallest absolute Gasteiger partial charge is 0.0725 e. The predicted molar refractivity (Wildman–Crippen MR) is 284 cm³/mol. The van der Waals surface area contributed by atoms with E-state index < -0.39 is 0 Å². The molecule has 1 aromatic heterocycles. The maximum atomic E-state index is 2.45. The lowest BCUT2D eigenvalue weighted by Gasteiger charge is -2.30. The minimum Gasteiger partial charge on any atom is -0.310 e. The van der Waals surface area contributed by atoms with Gasteiger partial charge in [-0.2, -0.15) is 0 Å². The van der Waals surface area contributed by atoms with Gasteiger partial charge in [-0.25, -0.2) is 0 Å². The standard InChI is InChI=1S/C65H41NS/c1-2-18-47-42(16-1)17-13-24-48(47)43-34-38-45(39-35-43)66(60-31-11-6-21-52(60)53-26-15-33-62-64(53)55-23-7-12-32-61(55)67-62)46-40-36-44(37-41-46)49-25-14-30-59-63(49)54-22-5-10-29-58(54)65(59)56-27-8-3-19-50(56)51-20-4-9-28-57(51)65/h1-41H. The van der Waals surface area contributed by atoms with Crippen LogP contribution in [-0.2, 0) is 5.41 Å². The summed E-state index contributed by atoms with van der Waals surface area (Å²) < 4.78 is 2.60. The Balaban J connectivity index is 0.942. The molecule has 1 nitrogen and oxygen atoms in total. The number of hydrogen-bond donors (Lipinski definition) is 0. The Morgan fingerprint density at radius 1 is 0.299 bits per heavy atom. The lowest BCUT2D eigenvalue weighted by molar-refractivity contribution is 0.794. The molecule has 12 aromatic rings. The van der Waals surface area contributed by atoms with Gasteiger partial charge in [0.2, 0.25) is 0 Å². The Hall–Kier alpha value is -8.30. The Kier molecular flexibility index (Phi) is 8.44. The van der Waals surface area contributed by atoms with Crippen molar-refractivity contribution < 1.29 is 0 Å². The third-order valence-corrected chi connectivity index (χ3v) is 15.7.